The van der Waals surface area contributed by atoms with E-state index in [1.165, 1.54) is 6.08 Å². The monoisotopic (exact) mass is 350 g/mol. The van der Waals surface area contributed by atoms with E-state index in [1.807, 2.05) is 0 Å². The molecule has 0 bridgehead atoms. The maximum Gasteiger partial charge on any atom is 0.330 e. The predicted octanol–water partition coefficient (Wildman–Crippen LogP) is 3.09. The number of rotatable bonds is 12. The molecule has 0 aliphatic carbocycles. The molecular weight excluding hydrogens is 324 g/mol. The summed E-state index contributed by atoms with van der Waals surface area (Å²) in [6.07, 6.45) is 7.35. The highest BCUT2D eigenvalue weighted by Crippen LogP contribution is 2.14. The number of aliphatic hydroxyl groups excluding tert-OH is 1. The summed E-state index contributed by atoms with van der Waals surface area (Å²) in [5.74, 6) is -0.399. The van der Waals surface area contributed by atoms with Crippen molar-refractivity contribution >= 4 is 18.0 Å². The van der Waals surface area contributed by atoms with Crippen LogP contribution in [0.1, 0.15) is 44.6 Å². The fraction of sp³-hybridized carbons (Fsp3) is 0.474. The Hall–Kier alpha value is -2.18. The highest BCUT2D eigenvalue weighted by molar-refractivity contribution is 5.87. The van der Waals surface area contributed by atoms with Gasteiger partial charge in [-0.3, -0.25) is 4.79 Å². The molecule has 0 radical (unpaired) electrons. The van der Waals surface area contributed by atoms with Crippen molar-refractivity contribution in [3.8, 4) is 5.75 Å². The molecule has 6 nitrogen and oxygen atoms in total. The molecule has 0 aliphatic rings. The van der Waals surface area contributed by atoms with Gasteiger partial charge in [-0.15, -0.1) is 0 Å². The van der Waals surface area contributed by atoms with Crippen LogP contribution in [0.25, 0.3) is 6.08 Å². The third-order valence-electron chi connectivity index (χ3n) is 3.31. The van der Waals surface area contributed by atoms with Crippen LogP contribution in [-0.2, 0) is 19.1 Å². The van der Waals surface area contributed by atoms with Gasteiger partial charge in [0.1, 0.15) is 12.5 Å². The van der Waals surface area contributed by atoms with Gasteiger partial charge in [0.05, 0.1) is 19.6 Å². The molecule has 1 aromatic carbocycles. The molecule has 0 atom stereocenters. The zero-order valence-corrected chi connectivity index (χ0v) is 14.6. The molecule has 0 fully saturated rings. The second-order valence-corrected chi connectivity index (χ2v) is 5.39. The van der Waals surface area contributed by atoms with E-state index in [0.717, 1.165) is 31.2 Å². The van der Waals surface area contributed by atoms with Crippen LogP contribution in [0.3, 0.4) is 0 Å². The van der Waals surface area contributed by atoms with E-state index in [-0.39, 0.29) is 19.0 Å². The van der Waals surface area contributed by atoms with E-state index in [0.29, 0.717) is 12.4 Å². The molecule has 0 saturated heterocycles. The Kier molecular flexibility index (Phi) is 11.0. The molecule has 0 amide bonds. The van der Waals surface area contributed by atoms with Crippen molar-refractivity contribution in [1.82, 2.24) is 0 Å². The topological polar surface area (TPSA) is 82.1 Å². The molecule has 1 N–H and O–H groups in total. The number of esters is 2. The number of carbonyl (C=O) groups excluding carboxylic acids is 2. The Bertz CT molecular complexity index is 535. The first-order valence-corrected chi connectivity index (χ1v) is 8.50. The number of ether oxygens (including phenoxy) is 3. The molecule has 0 heterocycles. The van der Waals surface area contributed by atoms with E-state index in [2.05, 4.69) is 11.7 Å². The summed E-state index contributed by atoms with van der Waals surface area (Å²) in [6, 6.07) is 6.75. The minimum atomic E-state index is -0.441. The Morgan fingerprint density at radius 2 is 1.84 bits per heavy atom. The molecule has 1 rings (SSSR count). The van der Waals surface area contributed by atoms with Crippen LogP contribution in [0.15, 0.2) is 30.3 Å². The Morgan fingerprint density at radius 1 is 1.08 bits per heavy atom. The van der Waals surface area contributed by atoms with Crippen molar-refractivity contribution in [3.05, 3.63) is 35.9 Å². The van der Waals surface area contributed by atoms with Crippen molar-refractivity contribution in [2.45, 2.75) is 39.0 Å². The first kappa shape index (κ1) is 20.9. The largest absolute Gasteiger partial charge is 0.463 e. The minimum absolute atomic E-state index is 0.0618. The van der Waals surface area contributed by atoms with Crippen LogP contribution in [-0.4, -0.2) is 37.1 Å². The van der Waals surface area contributed by atoms with Gasteiger partial charge in [0, 0.05) is 6.08 Å². The van der Waals surface area contributed by atoms with E-state index in [4.69, 9.17) is 14.6 Å². The first-order valence-electron chi connectivity index (χ1n) is 8.50. The first-order chi connectivity index (χ1) is 12.2. The zero-order valence-electron chi connectivity index (χ0n) is 14.6. The molecule has 138 valence electrons. The van der Waals surface area contributed by atoms with Gasteiger partial charge >= 0.3 is 11.9 Å². The van der Waals surface area contributed by atoms with Crippen molar-refractivity contribution in [2.75, 3.05) is 20.0 Å². The Balaban J connectivity index is 2.33. The van der Waals surface area contributed by atoms with Gasteiger partial charge < -0.3 is 19.3 Å². The van der Waals surface area contributed by atoms with E-state index in [9.17, 15) is 9.59 Å². The molecule has 6 heteroatoms. The quantitative estimate of drug-likeness (QED) is 0.205. The Labute approximate surface area is 148 Å². The second-order valence-electron chi connectivity index (χ2n) is 5.39. The molecule has 25 heavy (non-hydrogen) atoms. The smallest absolute Gasteiger partial charge is 0.330 e. The molecule has 0 spiro atoms. The lowest BCUT2D eigenvalue weighted by Gasteiger charge is -2.04. The van der Waals surface area contributed by atoms with Crippen LogP contribution in [0.4, 0.5) is 0 Å². The van der Waals surface area contributed by atoms with Crippen LogP contribution >= 0.6 is 0 Å². The molecular formula is C19H26O6. The summed E-state index contributed by atoms with van der Waals surface area (Å²) < 4.78 is 14.9. The fourth-order valence-corrected chi connectivity index (χ4v) is 1.96. The third-order valence-corrected chi connectivity index (χ3v) is 3.31. The molecule has 1 aromatic rings. The maximum atomic E-state index is 11.6. The van der Waals surface area contributed by atoms with Gasteiger partial charge in [-0.05, 0) is 30.2 Å². The van der Waals surface area contributed by atoms with Crippen molar-refractivity contribution in [3.63, 3.8) is 0 Å². The molecule has 0 saturated carbocycles. The number of carbonyl (C=O) groups is 2. The second kappa shape index (κ2) is 13.1. The van der Waals surface area contributed by atoms with Crippen LogP contribution in [0.5, 0.6) is 5.75 Å². The van der Waals surface area contributed by atoms with Gasteiger partial charge in [0.15, 0.2) is 0 Å². The molecule has 0 aromatic heterocycles. The number of benzene rings is 1. The molecule has 0 unspecified atom stereocenters. The summed E-state index contributed by atoms with van der Waals surface area (Å²) in [7, 11) is 0. The number of unbranched alkanes of at least 4 members (excludes halogenated alkanes) is 3. The Morgan fingerprint density at radius 3 is 2.52 bits per heavy atom. The lowest BCUT2D eigenvalue weighted by molar-refractivity contribution is -0.138. The number of hydrogen-bond acceptors (Lipinski definition) is 6. The van der Waals surface area contributed by atoms with Gasteiger partial charge in [0.2, 0.25) is 0 Å². The maximum absolute atomic E-state index is 11.6. The fourth-order valence-electron chi connectivity index (χ4n) is 1.96. The summed E-state index contributed by atoms with van der Waals surface area (Å²) in [5.41, 5.74) is 0.798. The van der Waals surface area contributed by atoms with Gasteiger partial charge in [-0.2, -0.15) is 0 Å². The third kappa shape index (κ3) is 10.3. The van der Waals surface area contributed by atoms with Crippen molar-refractivity contribution in [2.24, 2.45) is 0 Å². The summed E-state index contributed by atoms with van der Waals surface area (Å²) in [5, 5.41) is 8.46. The number of hydrogen-bond donors (Lipinski definition) is 1. The van der Waals surface area contributed by atoms with Crippen LogP contribution in [0, 0.1) is 0 Å². The minimum Gasteiger partial charge on any atom is -0.463 e. The summed E-state index contributed by atoms with van der Waals surface area (Å²) in [4.78, 5) is 23.1. The average Bonchev–Trinajstić information content (AvgIpc) is 2.61. The average molecular weight is 350 g/mol. The highest BCUT2D eigenvalue weighted by atomic mass is 16.6. The van der Waals surface area contributed by atoms with E-state index >= 15 is 0 Å². The highest BCUT2D eigenvalue weighted by Gasteiger charge is 2.04. The number of aliphatic hydroxyl groups is 1. The van der Waals surface area contributed by atoms with Crippen LogP contribution < -0.4 is 4.74 Å². The zero-order chi connectivity index (χ0) is 18.3. The van der Waals surface area contributed by atoms with Crippen molar-refractivity contribution in [1.29, 1.82) is 0 Å². The SMILES string of the molecule is CCCCCCOC(=O)C=Cc1ccc(OC(=O)CCOCO)cc1. The van der Waals surface area contributed by atoms with E-state index < -0.39 is 12.8 Å². The van der Waals surface area contributed by atoms with Crippen molar-refractivity contribution < 1.29 is 28.9 Å². The summed E-state index contributed by atoms with van der Waals surface area (Å²) in [6.45, 7) is 2.26. The normalized spacial score (nSPS) is 10.8. The summed E-state index contributed by atoms with van der Waals surface area (Å²) >= 11 is 0. The van der Waals surface area contributed by atoms with Crippen LogP contribution in [0.2, 0.25) is 0 Å². The predicted molar refractivity (Wildman–Crippen MR) is 93.9 cm³/mol. The lowest BCUT2D eigenvalue weighted by atomic mass is 10.2. The van der Waals surface area contributed by atoms with Gasteiger partial charge in [-0.1, -0.05) is 38.3 Å². The van der Waals surface area contributed by atoms with E-state index in [1.54, 1.807) is 30.3 Å². The van der Waals surface area contributed by atoms with Gasteiger partial charge in [0.25, 0.3) is 0 Å². The van der Waals surface area contributed by atoms with Gasteiger partial charge in [-0.25, -0.2) is 4.79 Å². The molecule has 0 aliphatic heterocycles. The lowest BCUT2D eigenvalue weighted by Crippen LogP contribution is -2.11. The standard InChI is InChI=1S/C19H26O6/c1-2-3-4-5-13-24-18(21)11-8-16-6-9-17(10-7-16)25-19(22)12-14-23-15-20/h6-11,20H,2-5,12-15H2,1H3.